The number of ether oxygens (including phenoxy) is 1. The Morgan fingerprint density at radius 2 is 1.88 bits per heavy atom. The third-order valence-corrected chi connectivity index (χ3v) is 4.49. The molecule has 0 bridgehead atoms. The van der Waals surface area contributed by atoms with Gasteiger partial charge in [0, 0.05) is 5.56 Å². The fourth-order valence-electron chi connectivity index (χ4n) is 2.15. The van der Waals surface area contributed by atoms with E-state index in [-0.39, 0.29) is 12.5 Å². The number of carbonyl (C=O) groups is 1. The molecule has 0 saturated heterocycles. The number of benzene rings is 2. The topological polar surface area (TPSA) is 64.1 Å². The minimum Gasteiger partial charge on any atom is -0.483 e. The van der Waals surface area contributed by atoms with Crippen molar-refractivity contribution < 1.29 is 9.53 Å². The molecule has 0 saturated carbocycles. The summed E-state index contributed by atoms with van der Waals surface area (Å²) in [5.41, 5.74) is 3.14. The van der Waals surface area contributed by atoms with E-state index in [0.717, 1.165) is 21.7 Å². The minimum absolute atomic E-state index is 0.0649. The SMILES string of the molecule is Cc1cccc(OCC(=O)Nc2nnc(-c3ccccc3)s2)c1C. The summed E-state index contributed by atoms with van der Waals surface area (Å²) < 4.78 is 5.59. The van der Waals surface area contributed by atoms with Gasteiger partial charge in [-0.05, 0) is 31.0 Å². The van der Waals surface area contributed by atoms with Gasteiger partial charge < -0.3 is 4.74 Å². The second-order valence-corrected chi connectivity index (χ2v) is 6.29. The summed E-state index contributed by atoms with van der Waals surface area (Å²) in [5, 5.41) is 12.0. The van der Waals surface area contributed by atoms with Crippen LogP contribution in [0.5, 0.6) is 5.75 Å². The van der Waals surface area contributed by atoms with E-state index in [4.69, 9.17) is 4.74 Å². The fourth-order valence-corrected chi connectivity index (χ4v) is 2.92. The third-order valence-electron chi connectivity index (χ3n) is 3.61. The van der Waals surface area contributed by atoms with Gasteiger partial charge in [0.05, 0.1) is 0 Å². The van der Waals surface area contributed by atoms with Crippen molar-refractivity contribution in [3.63, 3.8) is 0 Å². The predicted octanol–water partition coefficient (Wildman–Crippen LogP) is 3.84. The van der Waals surface area contributed by atoms with Crippen molar-refractivity contribution in [1.82, 2.24) is 10.2 Å². The molecule has 1 amide bonds. The molecule has 6 heteroatoms. The maximum atomic E-state index is 12.0. The van der Waals surface area contributed by atoms with Crippen LogP contribution in [0.1, 0.15) is 11.1 Å². The van der Waals surface area contributed by atoms with Gasteiger partial charge >= 0.3 is 0 Å². The second kappa shape index (κ2) is 7.23. The van der Waals surface area contributed by atoms with E-state index in [1.54, 1.807) is 0 Å². The van der Waals surface area contributed by atoms with Crippen molar-refractivity contribution in [2.24, 2.45) is 0 Å². The van der Waals surface area contributed by atoms with Gasteiger partial charge in [0.15, 0.2) is 6.61 Å². The number of carbonyl (C=O) groups excluding carboxylic acids is 1. The van der Waals surface area contributed by atoms with Crippen molar-refractivity contribution >= 4 is 22.4 Å². The van der Waals surface area contributed by atoms with Crippen LogP contribution < -0.4 is 10.1 Å². The van der Waals surface area contributed by atoms with E-state index in [0.29, 0.717) is 10.9 Å². The number of hydrogen-bond acceptors (Lipinski definition) is 5. The van der Waals surface area contributed by atoms with Crippen LogP contribution in [0.4, 0.5) is 5.13 Å². The fraction of sp³-hybridized carbons (Fsp3) is 0.167. The molecule has 0 aliphatic heterocycles. The van der Waals surface area contributed by atoms with Crippen molar-refractivity contribution in [1.29, 1.82) is 0 Å². The summed E-state index contributed by atoms with van der Waals surface area (Å²) in [4.78, 5) is 12.0. The zero-order valence-corrected chi connectivity index (χ0v) is 14.3. The average molecular weight is 339 g/mol. The standard InChI is InChI=1S/C18H17N3O2S/c1-12-7-6-10-15(13(12)2)23-11-16(22)19-18-21-20-17(24-18)14-8-4-3-5-9-14/h3-10H,11H2,1-2H3,(H,19,21,22). The number of amides is 1. The molecule has 2 aromatic carbocycles. The van der Waals surface area contributed by atoms with Gasteiger partial charge in [-0.25, -0.2) is 0 Å². The van der Waals surface area contributed by atoms with E-state index < -0.39 is 0 Å². The van der Waals surface area contributed by atoms with Crippen LogP contribution >= 0.6 is 11.3 Å². The van der Waals surface area contributed by atoms with Gasteiger partial charge in [0.2, 0.25) is 5.13 Å². The van der Waals surface area contributed by atoms with Gasteiger partial charge in [-0.2, -0.15) is 0 Å². The van der Waals surface area contributed by atoms with Crippen LogP contribution in [-0.4, -0.2) is 22.7 Å². The summed E-state index contributed by atoms with van der Waals surface area (Å²) in [7, 11) is 0. The Balaban J connectivity index is 1.59. The van der Waals surface area contributed by atoms with Gasteiger partial charge in [-0.1, -0.05) is 53.8 Å². The number of rotatable bonds is 5. The lowest BCUT2D eigenvalue weighted by Gasteiger charge is -2.10. The third kappa shape index (κ3) is 3.78. The highest BCUT2D eigenvalue weighted by Gasteiger charge is 2.11. The van der Waals surface area contributed by atoms with Crippen molar-refractivity contribution in [3.05, 3.63) is 59.7 Å². The molecule has 0 radical (unpaired) electrons. The molecule has 0 aliphatic carbocycles. The summed E-state index contributed by atoms with van der Waals surface area (Å²) in [5.74, 6) is 0.457. The first-order chi connectivity index (χ1) is 11.6. The Labute approximate surface area is 144 Å². The highest BCUT2D eigenvalue weighted by atomic mass is 32.1. The monoisotopic (exact) mass is 339 g/mol. The number of hydrogen-bond donors (Lipinski definition) is 1. The average Bonchev–Trinajstić information content (AvgIpc) is 3.05. The number of aryl methyl sites for hydroxylation is 1. The van der Waals surface area contributed by atoms with Crippen molar-refractivity contribution in [2.45, 2.75) is 13.8 Å². The zero-order valence-electron chi connectivity index (χ0n) is 13.4. The summed E-state index contributed by atoms with van der Waals surface area (Å²) in [6.07, 6.45) is 0. The Hall–Kier alpha value is -2.73. The van der Waals surface area contributed by atoms with Gasteiger partial charge in [-0.3, -0.25) is 10.1 Å². The Bertz CT molecular complexity index is 846. The molecule has 1 heterocycles. The number of nitrogens with one attached hydrogen (secondary N) is 1. The lowest BCUT2D eigenvalue weighted by Crippen LogP contribution is -2.20. The lowest BCUT2D eigenvalue weighted by molar-refractivity contribution is -0.118. The summed E-state index contributed by atoms with van der Waals surface area (Å²) in [6.45, 7) is 3.92. The van der Waals surface area contributed by atoms with Crippen LogP contribution in [0.2, 0.25) is 0 Å². The highest BCUT2D eigenvalue weighted by molar-refractivity contribution is 7.18. The van der Waals surface area contributed by atoms with Crippen LogP contribution in [0.25, 0.3) is 10.6 Å². The predicted molar refractivity (Wildman–Crippen MR) is 95.4 cm³/mol. The molecule has 0 aliphatic rings. The Morgan fingerprint density at radius 1 is 1.08 bits per heavy atom. The second-order valence-electron chi connectivity index (χ2n) is 5.31. The summed E-state index contributed by atoms with van der Waals surface area (Å²) >= 11 is 1.33. The van der Waals surface area contributed by atoms with E-state index >= 15 is 0 Å². The number of aromatic nitrogens is 2. The summed E-state index contributed by atoms with van der Waals surface area (Å²) in [6, 6.07) is 15.5. The van der Waals surface area contributed by atoms with Gasteiger partial charge in [0.1, 0.15) is 10.8 Å². The molecule has 122 valence electrons. The first-order valence-corrected chi connectivity index (χ1v) is 8.33. The smallest absolute Gasteiger partial charge is 0.264 e. The Kier molecular flexibility index (Phi) is 4.86. The van der Waals surface area contributed by atoms with Crippen LogP contribution in [-0.2, 0) is 4.79 Å². The molecule has 0 atom stereocenters. The molecule has 0 fully saturated rings. The largest absolute Gasteiger partial charge is 0.483 e. The van der Waals surface area contributed by atoms with Crippen LogP contribution in [0, 0.1) is 13.8 Å². The van der Waals surface area contributed by atoms with Gasteiger partial charge in [0.25, 0.3) is 5.91 Å². The first kappa shape index (κ1) is 16.1. The molecule has 1 N–H and O–H groups in total. The van der Waals surface area contributed by atoms with Crippen molar-refractivity contribution in [2.75, 3.05) is 11.9 Å². The molecule has 5 nitrogen and oxygen atoms in total. The van der Waals surface area contributed by atoms with E-state index in [9.17, 15) is 4.79 Å². The molecule has 3 rings (SSSR count). The number of anilines is 1. The zero-order chi connectivity index (χ0) is 16.9. The van der Waals surface area contributed by atoms with E-state index in [1.807, 2.05) is 62.4 Å². The maximum Gasteiger partial charge on any atom is 0.264 e. The molecule has 1 aromatic heterocycles. The Morgan fingerprint density at radius 3 is 2.67 bits per heavy atom. The molecular formula is C18H17N3O2S. The van der Waals surface area contributed by atoms with E-state index in [2.05, 4.69) is 15.5 Å². The molecule has 3 aromatic rings. The maximum absolute atomic E-state index is 12.0. The quantitative estimate of drug-likeness (QED) is 0.767. The normalized spacial score (nSPS) is 10.4. The van der Waals surface area contributed by atoms with Gasteiger partial charge in [-0.15, -0.1) is 10.2 Å². The van der Waals surface area contributed by atoms with Crippen LogP contribution in [0.3, 0.4) is 0 Å². The number of nitrogens with zero attached hydrogens (tertiary/aromatic N) is 2. The molecular weight excluding hydrogens is 322 g/mol. The molecule has 0 unspecified atom stereocenters. The van der Waals surface area contributed by atoms with Crippen LogP contribution in [0.15, 0.2) is 48.5 Å². The van der Waals surface area contributed by atoms with Crippen molar-refractivity contribution in [3.8, 4) is 16.3 Å². The first-order valence-electron chi connectivity index (χ1n) is 7.51. The molecule has 24 heavy (non-hydrogen) atoms. The minimum atomic E-state index is -0.258. The molecule has 0 spiro atoms. The highest BCUT2D eigenvalue weighted by Crippen LogP contribution is 2.26. The lowest BCUT2D eigenvalue weighted by atomic mass is 10.1. The van der Waals surface area contributed by atoms with E-state index in [1.165, 1.54) is 11.3 Å².